The highest BCUT2D eigenvalue weighted by Gasteiger charge is 2.39. The lowest BCUT2D eigenvalue weighted by Crippen LogP contribution is -2.34. The van der Waals surface area contributed by atoms with Crippen molar-refractivity contribution >= 4 is 15.9 Å². The van der Waals surface area contributed by atoms with Crippen molar-refractivity contribution in [3.63, 3.8) is 0 Å². The van der Waals surface area contributed by atoms with Gasteiger partial charge < -0.3 is 15.3 Å². The summed E-state index contributed by atoms with van der Waals surface area (Å²) in [7, 11) is 0. The molecule has 0 aliphatic heterocycles. The van der Waals surface area contributed by atoms with E-state index in [1.54, 1.807) is 0 Å². The maximum absolute atomic E-state index is 11.0. The standard InChI is InChI=1S/C25H35BrO3/c1-17(2)20-8-7-18(16-27)13-21(20)24-22(28)14-19(15-23(24)29)25(10-6-11-25)9-4-3-5-12-26/h13-15,20-21,27-29H,1,3-12,16H2,2H3/t20-,21+/m1/s1. The Morgan fingerprint density at radius 2 is 1.86 bits per heavy atom. The summed E-state index contributed by atoms with van der Waals surface area (Å²) in [5, 5.41) is 32.6. The molecule has 0 aromatic heterocycles. The number of phenolic OH excluding ortho intramolecular Hbond substituents is 2. The van der Waals surface area contributed by atoms with Crippen LogP contribution in [0, 0.1) is 5.92 Å². The van der Waals surface area contributed by atoms with Gasteiger partial charge in [0.05, 0.1) is 6.61 Å². The van der Waals surface area contributed by atoms with Crippen molar-refractivity contribution in [3.05, 3.63) is 47.1 Å². The Hall–Kier alpha value is -1.26. The smallest absolute Gasteiger partial charge is 0.123 e. The van der Waals surface area contributed by atoms with E-state index in [-0.39, 0.29) is 35.4 Å². The molecule has 3 N–H and O–H groups in total. The van der Waals surface area contributed by atoms with Crippen molar-refractivity contribution in [1.29, 1.82) is 0 Å². The molecule has 0 amide bonds. The Balaban J connectivity index is 1.91. The second-order valence-corrected chi connectivity index (χ2v) is 9.86. The van der Waals surface area contributed by atoms with Crippen molar-refractivity contribution in [2.24, 2.45) is 5.92 Å². The minimum atomic E-state index is -0.145. The molecule has 3 rings (SSSR count). The van der Waals surface area contributed by atoms with Crippen molar-refractivity contribution in [1.82, 2.24) is 0 Å². The van der Waals surface area contributed by atoms with Crippen LogP contribution in [0.2, 0.25) is 0 Å². The zero-order chi connectivity index (χ0) is 21.0. The van der Waals surface area contributed by atoms with Crippen LogP contribution in [-0.4, -0.2) is 27.3 Å². The van der Waals surface area contributed by atoms with Crippen LogP contribution in [0.25, 0.3) is 0 Å². The summed E-state index contributed by atoms with van der Waals surface area (Å²) in [6.45, 7) is 6.17. The molecule has 2 aliphatic carbocycles. The molecule has 2 atom stereocenters. The summed E-state index contributed by atoms with van der Waals surface area (Å²) in [5.74, 6) is 0.375. The van der Waals surface area contributed by atoms with Gasteiger partial charge >= 0.3 is 0 Å². The number of unbranched alkanes of at least 4 members (excludes halogenated alkanes) is 2. The molecule has 2 aliphatic rings. The SMILES string of the molecule is C=C(C)[C@H]1CCC(CO)=C[C@@H]1c1c(O)cc(C2(CCCCCBr)CCC2)cc1O. The topological polar surface area (TPSA) is 60.7 Å². The van der Waals surface area contributed by atoms with Gasteiger partial charge in [-0.3, -0.25) is 0 Å². The third-order valence-electron chi connectivity index (χ3n) is 7.14. The summed E-state index contributed by atoms with van der Waals surface area (Å²) in [5.41, 5.74) is 3.79. The van der Waals surface area contributed by atoms with Gasteiger partial charge in [-0.15, -0.1) is 0 Å². The predicted octanol–water partition coefficient (Wildman–Crippen LogP) is 6.46. The molecule has 1 aromatic rings. The fourth-order valence-electron chi connectivity index (χ4n) is 5.23. The molecule has 0 radical (unpaired) electrons. The normalized spacial score (nSPS) is 23.3. The summed E-state index contributed by atoms with van der Waals surface area (Å²) in [6.07, 6.45) is 11.9. The third kappa shape index (κ3) is 4.74. The zero-order valence-corrected chi connectivity index (χ0v) is 19.2. The van der Waals surface area contributed by atoms with Gasteiger partial charge in [0.2, 0.25) is 0 Å². The van der Waals surface area contributed by atoms with Gasteiger partial charge in [-0.2, -0.15) is 0 Å². The van der Waals surface area contributed by atoms with Crippen molar-refractivity contribution < 1.29 is 15.3 Å². The molecule has 0 unspecified atom stereocenters. The maximum atomic E-state index is 11.0. The Bertz CT molecular complexity index is 740. The van der Waals surface area contributed by atoms with E-state index in [4.69, 9.17) is 0 Å². The fraction of sp³-hybridized carbons (Fsp3) is 0.600. The summed E-state index contributed by atoms with van der Waals surface area (Å²) < 4.78 is 0. The fourth-order valence-corrected chi connectivity index (χ4v) is 5.63. The molecule has 160 valence electrons. The molecular weight excluding hydrogens is 428 g/mol. The highest BCUT2D eigenvalue weighted by Crippen LogP contribution is 2.52. The quantitative estimate of drug-likeness (QED) is 0.224. The number of rotatable bonds is 9. The number of allylic oxidation sites excluding steroid dienone is 2. The largest absolute Gasteiger partial charge is 0.507 e. The lowest BCUT2D eigenvalue weighted by molar-refractivity contribution is 0.217. The first-order chi connectivity index (χ1) is 13.9. The minimum Gasteiger partial charge on any atom is -0.507 e. The minimum absolute atomic E-state index is 0.0243. The highest BCUT2D eigenvalue weighted by atomic mass is 79.9. The van der Waals surface area contributed by atoms with Gasteiger partial charge in [0.25, 0.3) is 0 Å². The van der Waals surface area contributed by atoms with Crippen LogP contribution in [-0.2, 0) is 5.41 Å². The number of aliphatic hydroxyl groups is 1. The van der Waals surface area contributed by atoms with Gasteiger partial charge in [0, 0.05) is 16.8 Å². The number of aromatic hydroxyl groups is 2. The molecule has 29 heavy (non-hydrogen) atoms. The van der Waals surface area contributed by atoms with Crippen LogP contribution < -0.4 is 0 Å². The number of benzene rings is 1. The second-order valence-electron chi connectivity index (χ2n) is 9.06. The van der Waals surface area contributed by atoms with Crippen LogP contribution in [0.5, 0.6) is 11.5 Å². The molecule has 1 saturated carbocycles. The molecule has 0 saturated heterocycles. The molecule has 1 fully saturated rings. The Morgan fingerprint density at radius 3 is 2.38 bits per heavy atom. The first-order valence-electron chi connectivity index (χ1n) is 11.0. The highest BCUT2D eigenvalue weighted by molar-refractivity contribution is 9.09. The lowest BCUT2D eigenvalue weighted by atomic mass is 9.61. The van der Waals surface area contributed by atoms with E-state index < -0.39 is 0 Å². The average Bonchev–Trinajstić information content (AvgIpc) is 2.66. The van der Waals surface area contributed by atoms with Crippen LogP contribution in [0.3, 0.4) is 0 Å². The molecular formula is C25H35BrO3. The molecule has 3 nitrogen and oxygen atoms in total. The van der Waals surface area contributed by atoms with E-state index in [2.05, 4.69) is 22.5 Å². The summed E-state index contributed by atoms with van der Waals surface area (Å²) >= 11 is 3.50. The second kappa shape index (κ2) is 9.70. The van der Waals surface area contributed by atoms with Crippen molar-refractivity contribution in [2.75, 3.05) is 11.9 Å². The number of phenols is 2. The lowest BCUT2D eigenvalue weighted by Gasteiger charge is -2.43. The monoisotopic (exact) mass is 462 g/mol. The van der Waals surface area contributed by atoms with Crippen LogP contribution in [0.15, 0.2) is 35.9 Å². The van der Waals surface area contributed by atoms with Gasteiger partial charge in [-0.05, 0) is 80.1 Å². The van der Waals surface area contributed by atoms with Crippen molar-refractivity contribution in [3.8, 4) is 11.5 Å². The number of halogens is 1. The average molecular weight is 463 g/mol. The van der Waals surface area contributed by atoms with E-state index >= 15 is 0 Å². The Kier molecular flexibility index (Phi) is 7.50. The van der Waals surface area contributed by atoms with E-state index in [0.717, 1.165) is 54.1 Å². The van der Waals surface area contributed by atoms with Crippen LogP contribution in [0.1, 0.15) is 81.8 Å². The maximum Gasteiger partial charge on any atom is 0.123 e. The summed E-state index contributed by atoms with van der Waals surface area (Å²) in [6, 6.07) is 3.80. The number of alkyl halides is 1. The van der Waals surface area contributed by atoms with Crippen molar-refractivity contribution in [2.45, 2.75) is 76.0 Å². The van der Waals surface area contributed by atoms with Crippen LogP contribution >= 0.6 is 15.9 Å². The Morgan fingerprint density at radius 1 is 1.17 bits per heavy atom. The molecule has 0 spiro atoms. The molecule has 0 heterocycles. The third-order valence-corrected chi connectivity index (χ3v) is 7.70. The van der Waals surface area contributed by atoms with E-state index in [1.807, 2.05) is 25.1 Å². The van der Waals surface area contributed by atoms with Crippen LogP contribution in [0.4, 0.5) is 0 Å². The molecule has 1 aromatic carbocycles. The van der Waals surface area contributed by atoms with Gasteiger partial charge in [0.15, 0.2) is 0 Å². The number of aliphatic hydroxyl groups excluding tert-OH is 1. The van der Waals surface area contributed by atoms with E-state index in [1.165, 1.54) is 25.7 Å². The van der Waals surface area contributed by atoms with Gasteiger partial charge in [-0.25, -0.2) is 0 Å². The first kappa shape index (κ1) is 22.4. The number of hydrogen-bond donors (Lipinski definition) is 3. The van der Waals surface area contributed by atoms with E-state index in [9.17, 15) is 15.3 Å². The van der Waals surface area contributed by atoms with Gasteiger partial charge in [-0.1, -0.05) is 53.4 Å². The first-order valence-corrected chi connectivity index (χ1v) is 12.1. The predicted molar refractivity (Wildman–Crippen MR) is 123 cm³/mol. The summed E-state index contributed by atoms with van der Waals surface area (Å²) in [4.78, 5) is 0. The zero-order valence-electron chi connectivity index (χ0n) is 17.6. The molecule has 0 bridgehead atoms. The molecule has 4 heteroatoms. The van der Waals surface area contributed by atoms with Gasteiger partial charge in [0.1, 0.15) is 11.5 Å². The van der Waals surface area contributed by atoms with E-state index in [0.29, 0.717) is 5.56 Å². The number of hydrogen-bond acceptors (Lipinski definition) is 3. The Labute approximate surface area is 183 Å².